The van der Waals surface area contributed by atoms with E-state index in [0.29, 0.717) is 36.9 Å². The van der Waals surface area contributed by atoms with Crippen LogP contribution in [0.3, 0.4) is 0 Å². The van der Waals surface area contributed by atoms with Crippen LogP contribution in [0.4, 0.5) is 10.5 Å². The van der Waals surface area contributed by atoms with E-state index in [1.807, 2.05) is 19.1 Å². The molecule has 1 aliphatic heterocycles. The molecule has 5 nitrogen and oxygen atoms in total. The number of aryl methyl sites for hydroxylation is 1. The van der Waals surface area contributed by atoms with Gasteiger partial charge >= 0.3 is 6.03 Å². The highest BCUT2D eigenvalue weighted by atomic mass is 35.5. The van der Waals surface area contributed by atoms with E-state index in [4.69, 9.17) is 11.6 Å². The van der Waals surface area contributed by atoms with Crippen LogP contribution in [0.1, 0.15) is 5.56 Å². The molecule has 1 fully saturated rings. The standard InChI is InChI=1S/C13H16ClN3O2/c1-10-2-3-11(8-12(10)14)15-13(19)17-6-4-16(9-18)5-7-17/h2-3,8-9H,4-7H2,1H3,(H,15,19). The first kappa shape index (κ1) is 13.7. The van der Waals surface area contributed by atoms with Crippen molar-refractivity contribution < 1.29 is 9.59 Å². The molecule has 0 bridgehead atoms. The van der Waals surface area contributed by atoms with Gasteiger partial charge < -0.3 is 15.1 Å². The zero-order valence-electron chi connectivity index (χ0n) is 10.7. The van der Waals surface area contributed by atoms with Gasteiger partial charge in [-0.1, -0.05) is 17.7 Å². The van der Waals surface area contributed by atoms with Crippen molar-refractivity contribution in [2.24, 2.45) is 0 Å². The maximum absolute atomic E-state index is 12.0. The molecule has 1 saturated heterocycles. The fourth-order valence-corrected chi connectivity index (χ4v) is 2.08. The molecule has 1 heterocycles. The monoisotopic (exact) mass is 281 g/mol. The van der Waals surface area contributed by atoms with Crippen molar-refractivity contribution in [3.63, 3.8) is 0 Å². The minimum Gasteiger partial charge on any atom is -0.342 e. The molecule has 0 atom stereocenters. The molecule has 0 aliphatic carbocycles. The second-order valence-corrected chi connectivity index (χ2v) is 4.93. The third-order valence-corrected chi connectivity index (χ3v) is 3.58. The van der Waals surface area contributed by atoms with E-state index < -0.39 is 0 Å². The van der Waals surface area contributed by atoms with E-state index in [9.17, 15) is 9.59 Å². The maximum atomic E-state index is 12.0. The lowest BCUT2D eigenvalue weighted by molar-refractivity contribution is -0.119. The van der Waals surface area contributed by atoms with Crippen LogP contribution in [0.15, 0.2) is 18.2 Å². The van der Waals surface area contributed by atoms with Crippen molar-refractivity contribution in [1.29, 1.82) is 0 Å². The van der Waals surface area contributed by atoms with Crippen molar-refractivity contribution in [3.8, 4) is 0 Å². The molecule has 0 unspecified atom stereocenters. The first-order valence-corrected chi connectivity index (χ1v) is 6.49. The summed E-state index contributed by atoms with van der Waals surface area (Å²) in [5.74, 6) is 0. The number of nitrogens with zero attached hydrogens (tertiary/aromatic N) is 2. The highest BCUT2D eigenvalue weighted by Crippen LogP contribution is 2.20. The second kappa shape index (κ2) is 5.93. The molecule has 19 heavy (non-hydrogen) atoms. The maximum Gasteiger partial charge on any atom is 0.321 e. The molecule has 0 radical (unpaired) electrons. The molecule has 1 aromatic carbocycles. The van der Waals surface area contributed by atoms with Crippen LogP contribution in [0.5, 0.6) is 0 Å². The zero-order valence-corrected chi connectivity index (χ0v) is 11.5. The van der Waals surface area contributed by atoms with Gasteiger partial charge in [-0.15, -0.1) is 0 Å². The number of amides is 3. The fraction of sp³-hybridized carbons (Fsp3) is 0.385. The van der Waals surface area contributed by atoms with Crippen LogP contribution in [0.25, 0.3) is 0 Å². The van der Waals surface area contributed by atoms with Gasteiger partial charge in [0, 0.05) is 36.9 Å². The summed E-state index contributed by atoms with van der Waals surface area (Å²) in [5, 5.41) is 3.44. The second-order valence-electron chi connectivity index (χ2n) is 4.52. The normalized spacial score (nSPS) is 15.3. The minimum absolute atomic E-state index is 0.162. The summed E-state index contributed by atoms with van der Waals surface area (Å²) in [6, 6.07) is 5.25. The molecule has 1 aliphatic rings. The third kappa shape index (κ3) is 3.38. The van der Waals surface area contributed by atoms with Crippen LogP contribution in [-0.4, -0.2) is 48.4 Å². The highest BCUT2D eigenvalue weighted by Gasteiger charge is 2.20. The summed E-state index contributed by atoms with van der Waals surface area (Å²) in [4.78, 5) is 26.0. The van der Waals surface area contributed by atoms with Crippen molar-refractivity contribution in [2.75, 3.05) is 31.5 Å². The van der Waals surface area contributed by atoms with Gasteiger partial charge in [0.05, 0.1) is 0 Å². The smallest absolute Gasteiger partial charge is 0.321 e. The summed E-state index contributed by atoms with van der Waals surface area (Å²) in [7, 11) is 0. The van der Waals surface area contributed by atoms with Gasteiger partial charge in [-0.25, -0.2) is 4.79 Å². The number of hydrogen-bond donors (Lipinski definition) is 1. The Labute approximate surface area is 117 Å². The van der Waals surface area contributed by atoms with Gasteiger partial charge in [-0.2, -0.15) is 0 Å². The minimum atomic E-state index is -0.162. The number of halogens is 1. The highest BCUT2D eigenvalue weighted by molar-refractivity contribution is 6.31. The van der Waals surface area contributed by atoms with E-state index in [-0.39, 0.29) is 6.03 Å². The lowest BCUT2D eigenvalue weighted by Gasteiger charge is -2.32. The summed E-state index contributed by atoms with van der Waals surface area (Å²) in [5.41, 5.74) is 1.65. The Bertz CT molecular complexity index is 485. The fourth-order valence-electron chi connectivity index (χ4n) is 1.90. The van der Waals surface area contributed by atoms with Crippen LogP contribution >= 0.6 is 11.6 Å². The van der Waals surface area contributed by atoms with Crippen LogP contribution in [0, 0.1) is 6.92 Å². The Morgan fingerprint density at radius 2 is 2.00 bits per heavy atom. The zero-order chi connectivity index (χ0) is 13.8. The number of benzene rings is 1. The first-order valence-electron chi connectivity index (χ1n) is 6.11. The Hall–Kier alpha value is -1.75. The molecular weight excluding hydrogens is 266 g/mol. The van der Waals surface area contributed by atoms with Gasteiger partial charge in [0.15, 0.2) is 0 Å². The van der Waals surface area contributed by atoms with Crippen LogP contribution < -0.4 is 5.32 Å². The van der Waals surface area contributed by atoms with Crippen LogP contribution in [-0.2, 0) is 4.79 Å². The van der Waals surface area contributed by atoms with Crippen LogP contribution in [0.2, 0.25) is 5.02 Å². The predicted octanol–water partition coefficient (Wildman–Crippen LogP) is 1.95. The van der Waals surface area contributed by atoms with Gasteiger partial charge in [-0.3, -0.25) is 4.79 Å². The molecule has 2 rings (SSSR count). The van der Waals surface area contributed by atoms with E-state index in [1.54, 1.807) is 15.9 Å². The average Bonchev–Trinajstić information content (AvgIpc) is 2.43. The number of hydrogen-bond acceptors (Lipinski definition) is 2. The molecule has 3 amide bonds. The largest absolute Gasteiger partial charge is 0.342 e. The molecule has 0 aromatic heterocycles. The number of nitrogens with one attached hydrogen (secondary N) is 1. The number of carbonyl (C=O) groups excluding carboxylic acids is 2. The topological polar surface area (TPSA) is 52.7 Å². The number of urea groups is 1. The molecule has 102 valence electrons. The van der Waals surface area contributed by atoms with Gasteiger partial charge in [-0.05, 0) is 24.6 Å². The number of piperazine rings is 1. The summed E-state index contributed by atoms with van der Waals surface area (Å²) < 4.78 is 0. The SMILES string of the molecule is Cc1ccc(NC(=O)N2CCN(C=O)CC2)cc1Cl. The Kier molecular flexibility index (Phi) is 4.27. The summed E-state index contributed by atoms with van der Waals surface area (Å²) >= 11 is 6.01. The van der Waals surface area contributed by atoms with Gasteiger partial charge in [0.2, 0.25) is 6.41 Å². The van der Waals surface area contributed by atoms with E-state index in [0.717, 1.165) is 12.0 Å². The Morgan fingerprint density at radius 1 is 1.32 bits per heavy atom. The Morgan fingerprint density at radius 3 is 2.58 bits per heavy atom. The molecule has 6 heteroatoms. The first-order chi connectivity index (χ1) is 9.10. The molecule has 1 aromatic rings. The molecule has 0 saturated carbocycles. The summed E-state index contributed by atoms with van der Waals surface area (Å²) in [6.07, 6.45) is 0.814. The molecular formula is C13H16ClN3O2. The predicted molar refractivity (Wildman–Crippen MR) is 74.4 cm³/mol. The van der Waals surface area contributed by atoms with Crippen molar-refractivity contribution in [3.05, 3.63) is 28.8 Å². The summed E-state index contributed by atoms with van der Waals surface area (Å²) in [6.45, 7) is 4.15. The van der Waals surface area contributed by atoms with Gasteiger partial charge in [0.1, 0.15) is 0 Å². The molecule has 1 N–H and O–H groups in total. The lowest BCUT2D eigenvalue weighted by atomic mass is 10.2. The third-order valence-electron chi connectivity index (χ3n) is 3.17. The molecule has 0 spiro atoms. The van der Waals surface area contributed by atoms with Crippen molar-refractivity contribution in [2.45, 2.75) is 6.92 Å². The van der Waals surface area contributed by atoms with Crippen molar-refractivity contribution >= 4 is 29.7 Å². The van der Waals surface area contributed by atoms with Crippen molar-refractivity contribution in [1.82, 2.24) is 9.80 Å². The number of carbonyl (C=O) groups is 2. The van der Waals surface area contributed by atoms with Gasteiger partial charge in [0.25, 0.3) is 0 Å². The van der Waals surface area contributed by atoms with E-state index >= 15 is 0 Å². The lowest BCUT2D eigenvalue weighted by Crippen LogP contribution is -2.49. The average molecular weight is 282 g/mol. The number of anilines is 1. The Balaban J connectivity index is 1.94. The van der Waals surface area contributed by atoms with E-state index in [1.165, 1.54) is 0 Å². The van der Waals surface area contributed by atoms with E-state index in [2.05, 4.69) is 5.32 Å². The quantitative estimate of drug-likeness (QED) is 0.843. The number of rotatable bonds is 2.